The van der Waals surface area contributed by atoms with Crippen LogP contribution in [0.15, 0.2) is 18.2 Å². The first-order chi connectivity index (χ1) is 7.21. The Balaban J connectivity index is 2.83. The molecule has 0 amide bonds. The highest BCUT2D eigenvalue weighted by Crippen LogP contribution is 2.28. The second-order valence-corrected chi connectivity index (χ2v) is 3.46. The van der Waals surface area contributed by atoms with Gasteiger partial charge in [0.15, 0.2) is 11.5 Å². The van der Waals surface area contributed by atoms with Crippen LogP contribution in [0.4, 0.5) is 0 Å². The van der Waals surface area contributed by atoms with E-state index in [-0.39, 0.29) is 6.10 Å². The molecule has 0 saturated heterocycles. The highest BCUT2D eigenvalue weighted by Gasteiger charge is 2.07. The highest BCUT2D eigenvalue weighted by molar-refractivity contribution is 5.43. The van der Waals surface area contributed by atoms with Crippen LogP contribution in [0, 0.1) is 0 Å². The van der Waals surface area contributed by atoms with E-state index in [9.17, 15) is 5.11 Å². The number of rotatable bonds is 5. The maximum atomic E-state index is 9.53. The number of methoxy groups -OCH3 is 2. The zero-order valence-corrected chi connectivity index (χ0v) is 9.49. The Kier molecular flexibility index (Phi) is 4.43. The highest BCUT2D eigenvalue weighted by atomic mass is 16.5. The first-order valence-corrected chi connectivity index (χ1v) is 5.10. The molecule has 84 valence electrons. The Labute approximate surface area is 90.6 Å². The SMILES string of the molecule is CC[C@H](O)Cc1ccc(OC)c(OC)c1. The molecule has 0 fully saturated rings. The van der Waals surface area contributed by atoms with Crippen LogP contribution in [-0.2, 0) is 6.42 Å². The third-order valence-corrected chi connectivity index (χ3v) is 2.39. The fraction of sp³-hybridized carbons (Fsp3) is 0.500. The molecule has 0 saturated carbocycles. The summed E-state index contributed by atoms with van der Waals surface area (Å²) >= 11 is 0. The number of hydrogen-bond donors (Lipinski definition) is 1. The lowest BCUT2D eigenvalue weighted by atomic mass is 10.1. The van der Waals surface area contributed by atoms with Crippen LogP contribution in [0.25, 0.3) is 0 Å². The molecule has 0 heterocycles. The van der Waals surface area contributed by atoms with Crippen LogP contribution in [-0.4, -0.2) is 25.4 Å². The van der Waals surface area contributed by atoms with Crippen molar-refractivity contribution in [1.29, 1.82) is 0 Å². The van der Waals surface area contributed by atoms with Gasteiger partial charge in [0.2, 0.25) is 0 Å². The van der Waals surface area contributed by atoms with Crippen molar-refractivity contribution in [3.05, 3.63) is 23.8 Å². The first-order valence-electron chi connectivity index (χ1n) is 5.10. The molecule has 1 N–H and O–H groups in total. The summed E-state index contributed by atoms with van der Waals surface area (Å²) in [6, 6.07) is 5.70. The quantitative estimate of drug-likeness (QED) is 0.808. The van der Waals surface area contributed by atoms with Gasteiger partial charge in [-0.05, 0) is 30.5 Å². The molecule has 3 heteroatoms. The molecule has 0 aliphatic rings. The van der Waals surface area contributed by atoms with Crippen molar-refractivity contribution in [2.24, 2.45) is 0 Å². The van der Waals surface area contributed by atoms with Crippen LogP contribution in [0.5, 0.6) is 11.5 Å². The molecule has 0 bridgehead atoms. The predicted molar refractivity (Wildman–Crippen MR) is 59.5 cm³/mol. The van der Waals surface area contributed by atoms with Gasteiger partial charge in [0.1, 0.15) is 0 Å². The smallest absolute Gasteiger partial charge is 0.160 e. The molecule has 0 radical (unpaired) electrons. The predicted octanol–water partition coefficient (Wildman–Crippen LogP) is 2.02. The summed E-state index contributed by atoms with van der Waals surface area (Å²) in [5, 5.41) is 9.53. The lowest BCUT2D eigenvalue weighted by molar-refractivity contribution is 0.170. The molecule has 0 aromatic heterocycles. The van der Waals surface area contributed by atoms with Crippen molar-refractivity contribution in [3.63, 3.8) is 0 Å². The number of benzene rings is 1. The fourth-order valence-electron chi connectivity index (χ4n) is 1.42. The summed E-state index contributed by atoms with van der Waals surface area (Å²) < 4.78 is 10.3. The van der Waals surface area contributed by atoms with E-state index < -0.39 is 0 Å². The molecule has 1 aromatic rings. The number of aliphatic hydroxyl groups is 1. The standard InChI is InChI=1S/C12H18O3/c1-4-10(13)7-9-5-6-11(14-2)12(8-9)15-3/h5-6,8,10,13H,4,7H2,1-3H3/t10-/m0/s1. The van der Waals surface area contributed by atoms with Crippen molar-refractivity contribution < 1.29 is 14.6 Å². The molecular weight excluding hydrogens is 192 g/mol. The number of ether oxygens (including phenoxy) is 2. The lowest BCUT2D eigenvalue weighted by Crippen LogP contribution is -2.08. The van der Waals surface area contributed by atoms with Gasteiger partial charge in [-0.2, -0.15) is 0 Å². The third kappa shape index (κ3) is 3.13. The van der Waals surface area contributed by atoms with Crippen molar-refractivity contribution >= 4 is 0 Å². The maximum absolute atomic E-state index is 9.53. The Morgan fingerprint density at radius 2 is 1.87 bits per heavy atom. The van der Waals surface area contributed by atoms with Gasteiger partial charge in [0.25, 0.3) is 0 Å². The largest absolute Gasteiger partial charge is 0.493 e. The normalized spacial score (nSPS) is 12.3. The van der Waals surface area contributed by atoms with Crippen LogP contribution in [0.3, 0.4) is 0 Å². The molecule has 1 atom stereocenters. The summed E-state index contributed by atoms with van der Waals surface area (Å²) in [4.78, 5) is 0. The molecule has 1 aromatic carbocycles. The summed E-state index contributed by atoms with van der Waals surface area (Å²) in [5.74, 6) is 1.42. The molecule has 15 heavy (non-hydrogen) atoms. The van der Waals surface area contributed by atoms with Gasteiger partial charge in [0.05, 0.1) is 20.3 Å². The van der Waals surface area contributed by atoms with E-state index in [1.807, 2.05) is 25.1 Å². The van der Waals surface area contributed by atoms with Crippen molar-refractivity contribution in [1.82, 2.24) is 0 Å². The first kappa shape index (κ1) is 11.9. The van der Waals surface area contributed by atoms with Crippen molar-refractivity contribution in [3.8, 4) is 11.5 Å². The summed E-state index contributed by atoms with van der Waals surface area (Å²) in [5.41, 5.74) is 1.06. The van der Waals surface area contributed by atoms with E-state index in [1.165, 1.54) is 0 Å². The molecule has 1 rings (SSSR count). The molecular formula is C12H18O3. The Bertz CT molecular complexity index is 310. The zero-order valence-electron chi connectivity index (χ0n) is 9.49. The average molecular weight is 210 g/mol. The Morgan fingerprint density at radius 1 is 1.20 bits per heavy atom. The van der Waals surface area contributed by atoms with Crippen LogP contribution in [0.1, 0.15) is 18.9 Å². The second kappa shape index (κ2) is 5.61. The minimum Gasteiger partial charge on any atom is -0.493 e. The summed E-state index contributed by atoms with van der Waals surface area (Å²) in [6.45, 7) is 1.96. The second-order valence-electron chi connectivity index (χ2n) is 3.46. The van der Waals surface area contributed by atoms with Gasteiger partial charge < -0.3 is 14.6 Å². The monoisotopic (exact) mass is 210 g/mol. The Morgan fingerprint density at radius 3 is 2.40 bits per heavy atom. The maximum Gasteiger partial charge on any atom is 0.160 e. The molecule has 0 aliphatic heterocycles. The minimum absolute atomic E-state index is 0.289. The van der Waals surface area contributed by atoms with E-state index >= 15 is 0 Å². The van der Waals surface area contributed by atoms with E-state index in [2.05, 4.69) is 0 Å². The van der Waals surface area contributed by atoms with Crippen molar-refractivity contribution in [2.45, 2.75) is 25.9 Å². The van der Waals surface area contributed by atoms with Crippen molar-refractivity contribution in [2.75, 3.05) is 14.2 Å². The van der Waals surface area contributed by atoms with E-state index in [0.29, 0.717) is 17.9 Å². The molecule has 3 nitrogen and oxygen atoms in total. The Hall–Kier alpha value is -1.22. The van der Waals surface area contributed by atoms with Gasteiger partial charge in [-0.1, -0.05) is 13.0 Å². The zero-order chi connectivity index (χ0) is 11.3. The van der Waals surface area contributed by atoms with E-state index in [4.69, 9.17) is 9.47 Å². The summed E-state index contributed by atoms with van der Waals surface area (Å²) in [7, 11) is 3.22. The van der Waals surface area contributed by atoms with Gasteiger partial charge >= 0.3 is 0 Å². The van der Waals surface area contributed by atoms with Gasteiger partial charge in [-0.3, -0.25) is 0 Å². The lowest BCUT2D eigenvalue weighted by Gasteiger charge is -2.11. The number of hydrogen-bond acceptors (Lipinski definition) is 3. The van der Waals surface area contributed by atoms with Crippen LogP contribution >= 0.6 is 0 Å². The van der Waals surface area contributed by atoms with Gasteiger partial charge in [-0.15, -0.1) is 0 Å². The van der Waals surface area contributed by atoms with E-state index in [0.717, 1.165) is 12.0 Å². The molecule has 0 spiro atoms. The topological polar surface area (TPSA) is 38.7 Å². The number of aliphatic hydroxyl groups excluding tert-OH is 1. The van der Waals surface area contributed by atoms with Crippen LogP contribution < -0.4 is 9.47 Å². The average Bonchev–Trinajstić information content (AvgIpc) is 2.28. The summed E-state index contributed by atoms with van der Waals surface area (Å²) in [6.07, 6.45) is 1.12. The van der Waals surface area contributed by atoms with Gasteiger partial charge in [-0.25, -0.2) is 0 Å². The minimum atomic E-state index is -0.289. The molecule has 0 unspecified atom stereocenters. The third-order valence-electron chi connectivity index (χ3n) is 2.39. The van der Waals surface area contributed by atoms with E-state index in [1.54, 1.807) is 14.2 Å². The van der Waals surface area contributed by atoms with Gasteiger partial charge in [0, 0.05) is 0 Å². The van der Waals surface area contributed by atoms with Crippen LogP contribution in [0.2, 0.25) is 0 Å². The fourth-order valence-corrected chi connectivity index (χ4v) is 1.42. The molecule has 0 aliphatic carbocycles.